The van der Waals surface area contributed by atoms with E-state index in [9.17, 15) is 0 Å². The first-order chi connectivity index (χ1) is 6.18. The fourth-order valence-corrected chi connectivity index (χ4v) is 2.43. The number of benzene rings is 1. The molecule has 1 aromatic carbocycles. The molecule has 0 aromatic heterocycles. The maximum absolute atomic E-state index is 2.35. The topological polar surface area (TPSA) is 0 Å². The molecule has 13 heavy (non-hydrogen) atoms. The van der Waals surface area contributed by atoms with Crippen molar-refractivity contribution in [1.82, 2.24) is 0 Å². The van der Waals surface area contributed by atoms with Crippen molar-refractivity contribution in [3.63, 3.8) is 0 Å². The van der Waals surface area contributed by atoms with Gasteiger partial charge in [-0.3, -0.25) is 0 Å². The normalized spacial score (nSPS) is 20.8. The van der Waals surface area contributed by atoms with Crippen molar-refractivity contribution >= 4 is 0 Å². The van der Waals surface area contributed by atoms with Gasteiger partial charge in [-0.1, -0.05) is 39.0 Å². The highest BCUT2D eigenvalue weighted by molar-refractivity contribution is 5.40. The van der Waals surface area contributed by atoms with Gasteiger partial charge in [0.2, 0.25) is 0 Å². The summed E-state index contributed by atoms with van der Waals surface area (Å²) in [4.78, 5) is 0. The summed E-state index contributed by atoms with van der Waals surface area (Å²) in [5.41, 5.74) is 4.81. The van der Waals surface area contributed by atoms with Gasteiger partial charge in [-0.05, 0) is 41.4 Å². The van der Waals surface area contributed by atoms with Gasteiger partial charge in [0, 0.05) is 0 Å². The van der Waals surface area contributed by atoms with Crippen LogP contribution in [0.3, 0.4) is 0 Å². The molecule has 1 atom stereocenters. The monoisotopic (exact) mass is 174 g/mol. The highest BCUT2D eigenvalue weighted by Gasteiger charge is 2.20. The zero-order valence-corrected chi connectivity index (χ0v) is 8.80. The molecule has 1 aliphatic rings. The molecule has 0 N–H and O–H groups in total. The van der Waals surface area contributed by atoms with E-state index in [1.54, 1.807) is 16.7 Å². The molecule has 1 aromatic rings. The molecular formula is C13H18. The number of hydrogen-bond donors (Lipinski definition) is 0. The highest BCUT2D eigenvalue weighted by atomic mass is 14.3. The Balaban J connectivity index is 2.45. The molecule has 1 aliphatic carbocycles. The van der Waals surface area contributed by atoms with Gasteiger partial charge in [0.05, 0.1) is 0 Å². The van der Waals surface area contributed by atoms with Crippen LogP contribution in [0.1, 0.15) is 43.4 Å². The summed E-state index contributed by atoms with van der Waals surface area (Å²) in [5.74, 6) is 1.54. The van der Waals surface area contributed by atoms with Crippen molar-refractivity contribution in [1.29, 1.82) is 0 Å². The SMILES string of the molecule is CC1Cc2cccc(C(C)C)c2C1. The average Bonchev–Trinajstić information content (AvgIpc) is 2.43. The molecule has 1 unspecified atom stereocenters. The van der Waals surface area contributed by atoms with Crippen LogP contribution < -0.4 is 0 Å². The zero-order valence-electron chi connectivity index (χ0n) is 8.80. The van der Waals surface area contributed by atoms with Crippen molar-refractivity contribution in [3.8, 4) is 0 Å². The van der Waals surface area contributed by atoms with Crippen LogP contribution in [0.15, 0.2) is 18.2 Å². The highest BCUT2D eigenvalue weighted by Crippen LogP contribution is 2.32. The van der Waals surface area contributed by atoms with E-state index in [1.807, 2.05) is 0 Å². The van der Waals surface area contributed by atoms with Crippen molar-refractivity contribution < 1.29 is 0 Å². The molecule has 0 spiro atoms. The lowest BCUT2D eigenvalue weighted by molar-refractivity contribution is 0.625. The lowest BCUT2D eigenvalue weighted by Crippen LogP contribution is -1.95. The molecular weight excluding hydrogens is 156 g/mol. The molecule has 0 saturated heterocycles. The Bertz CT molecular complexity index is 310. The molecule has 0 amide bonds. The summed E-state index contributed by atoms with van der Waals surface area (Å²) in [6.07, 6.45) is 2.58. The molecule has 70 valence electrons. The number of rotatable bonds is 1. The first-order valence-electron chi connectivity index (χ1n) is 5.29. The van der Waals surface area contributed by atoms with Gasteiger partial charge in [0.1, 0.15) is 0 Å². The first-order valence-corrected chi connectivity index (χ1v) is 5.29. The second-order valence-electron chi connectivity index (χ2n) is 4.65. The molecule has 0 saturated carbocycles. The first kappa shape index (κ1) is 8.80. The van der Waals surface area contributed by atoms with E-state index in [2.05, 4.69) is 39.0 Å². The van der Waals surface area contributed by atoms with Crippen molar-refractivity contribution in [2.24, 2.45) is 5.92 Å². The van der Waals surface area contributed by atoms with Crippen LogP contribution in [0, 0.1) is 5.92 Å². The Labute approximate surface area is 81.0 Å². The minimum atomic E-state index is 0.681. The second-order valence-corrected chi connectivity index (χ2v) is 4.65. The van der Waals surface area contributed by atoms with Gasteiger partial charge in [-0.2, -0.15) is 0 Å². The molecule has 0 bridgehead atoms. The third-order valence-electron chi connectivity index (χ3n) is 3.05. The second kappa shape index (κ2) is 3.17. The minimum absolute atomic E-state index is 0.681. The van der Waals surface area contributed by atoms with Crippen LogP contribution in [0.2, 0.25) is 0 Å². The summed E-state index contributed by atoms with van der Waals surface area (Å²) >= 11 is 0. The largest absolute Gasteiger partial charge is 0.0619 e. The van der Waals surface area contributed by atoms with E-state index in [0.29, 0.717) is 5.92 Å². The van der Waals surface area contributed by atoms with Gasteiger partial charge in [0.15, 0.2) is 0 Å². The van der Waals surface area contributed by atoms with E-state index in [0.717, 1.165) is 5.92 Å². The number of hydrogen-bond acceptors (Lipinski definition) is 0. The minimum Gasteiger partial charge on any atom is -0.0619 e. The predicted octanol–water partition coefficient (Wildman–Crippen LogP) is 3.54. The molecule has 0 nitrogen and oxygen atoms in total. The molecule has 0 radical (unpaired) electrons. The van der Waals surface area contributed by atoms with Gasteiger partial charge < -0.3 is 0 Å². The van der Waals surface area contributed by atoms with Crippen LogP contribution in [0.4, 0.5) is 0 Å². The molecule has 0 heterocycles. The van der Waals surface area contributed by atoms with E-state index in [-0.39, 0.29) is 0 Å². The Morgan fingerprint density at radius 2 is 2.00 bits per heavy atom. The van der Waals surface area contributed by atoms with E-state index in [4.69, 9.17) is 0 Å². The van der Waals surface area contributed by atoms with Gasteiger partial charge in [-0.25, -0.2) is 0 Å². The van der Waals surface area contributed by atoms with Gasteiger partial charge in [0.25, 0.3) is 0 Å². The van der Waals surface area contributed by atoms with Crippen LogP contribution in [-0.4, -0.2) is 0 Å². The summed E-state index contributed by atoms with van der Waals surface area (Å²) in [6.45, 7) is 6.93. The Morgan fingerprint density at radius 1 is 1.23 bits per heavy atom. The Hall–Kier alpha value is -0.780. The van der Waals surface area contributed by atoms with Crippen molar-refractivity contribution in [2.75, 3.05) is 0 Å². The quantitative estimate of drug-likeness (QED) is 0.611. The van der Waals surface area contributed by atoms with Crippen LogP contribution >= 0.6 is 0 Å². The van der Waals surface area contributed by atoms with E-state index < -0.39 is 0 Å². The summed E-state index contributed by atoms with van der Waals surface area (Å²) < 4.78 is 0. The number of fused-ring (bicyclic) bond motifs is 1. The molecule has 2 rings (SSSR count). The van der Waals surface area contributed by atoms with Crippen LogP contribution in [0.25, 0.3) is 0 Å². The Kier molecular flexibility index (Phi) is 2.15. The fraction of sp³-hybridized carbons (Fsp3) is 0.538. The lowest BCUT2D eigenvalue weighted by atomic mass is 9.94. The van der Waals surface area contributed by atoms with Crippen LogP contribution in [0.5, 0.6) is 0 Å². The zero-order chi connectivity index (χ0) is 9.42. The maximum atomic E-state index is 2.35. The molecule has 0 fully saturated rings. The maximum Gasteiger partial charge on any atom is -0.0216 e. The summed E-state index contributed by atoms with van der Waals surface area (Å²) in [7, 11) is 0. The van der Waals surface area contributed by atoms with Crippen LogP contribution in [-0.2, 0) is 12.8 Å². The standard InChI is InChI=1S/C13H18/c1-9(2)12-6-4-5-11-7-10(3)8-13(11)12/h4-6,9-10H,7-8H2,1-3H3. The molecule has 0 aliphatic heterocycles. The van der Waals surface area contributed by atoms with Gasteiger partial charge in [-0.15, -0.1) is 0 Å². The molecule has 0 heteroatoms. The third-order valence-corrected chi connectivity index (χ3v) is 3.05. The predicted molar refractivity (Wildman–Crippen MR) is 57.1 cm³/mol. The summed E-state index contributed by atoms with van der Waals surface area (Å²) in [5, 5.41) is 0. The van der Waals surface area contributed by atoms with E-state index in [1.165, 1.54) is 12.8 Å². The van der Waals surface area contributed by atoms with Crippen molar-refractivity contribution in [2.45, 2.75) is 39.5 Å². The van der Waals surface area contributed by atoms with Gasteiger partial charge >= 0.3 is 0 Å². The average molecular weight is 174 g/mol. The Morgan fingerprint density at radius 3 is 2.69 bits per heavy atom. The lowest BCUT2D eigenvalue weighted by Gasteiger charge is -2.11. The summed E-state index contributed by atoms with van der Waals surface area (Å²) in [6, 6.07) is 6.80. The van der Waals surface area contributed by atoms with Crippen molar-refractivity contribution in [3.05, 3.63) is 34.9 Å². The fourth-order valence-electron chi connectivity index (χ4n) is 2.43. The smallest absolute Gasteiger partial charge is 0.0216 e. The van der Waals surface area contributed by atoms with E-state index >= 15 is 0 Å². The third kappa shape index (κ3) is 1.50.